The van der Waals surface area contributed by atoms with Crippen molar-refractivity contribution < 1.29 is 9.84 Å². The molecule has 0 amide bonds. The van der Waals surface area contributed by atoms with E-state index in [2.05, 4.69) is 0 Å². The van der Waals surface area contributed by atoms with Crippen molar-refractivity contribution in [1.29, 1.82) is 0 Å². The molecule has 0 spiro atoms. The van der Waals surface area contributed by atoms with E-state index in [1.165, 1.54) is 0 Å². The Morgan fingerprint density at radius 2 is 2.17 bits per heavy atom. The maximum absolute atomic E-state index is 9.59. The van der Waals surface area contributed by atoms with Crippen LogP contribution in [0.15, 0.2) is 0 Å². The van der Waals surface area contributed by atoms with Crippen molar-refractivity contribution in [2.24, 2.45) is 5.73 Å². The minimum atomic E-state index is -0.789. The van der Waals surface area contributed by atoms with E-state index in [4.69, 9.17) is 10.5 Å². The van der Waals surface area contributed by atoms with Gasteiger partial charge in [0.15, 0.2) is 0 Å². The summed E-state index contributed by atoms with van der Waals surface area (Å²) in [4.78, 5) is 2.00. The van der Waals surface area contributed by atoms with Gasteiger partial charge in [-0.25, -0.2) is 0 Å². The maximum Gasteiger partial charge on any atom is 0.0867 e. The van der Waals surface area contributed by atoms with Crippen LogP contribution in [0.4, 0.5) is 0 Å². The fourth-order valence-corrected chi connectivity index (χ4v) is 0.972. The number of nitrogens with two attached hydrogens (primary N) is 1. The third-order valence-corrected chi connectivity index (χ3v) is 1.73. The van der Waals surface area contributed by atoms with E-state index < -0.39 is 5.60 Å². The van der Waals surface area contributed by atoms with Gasteiger partial charge in [0, 0.05) is 26.7 Å². The van der Waals surface area contributed by atoms with Gasteiger partial charge >= 0.3 is 0 Å². The highest BCUT2D eigenvalue weighted by Crippen LogP contribution is 2.01. The fourth-order valence-electron chi connectivity index (χ4n) is 0.972. The number of hydrogen-bond acceptors (Lipinski definition) is 4. The van der Waals surface area contributed by atoms with Crippen LogP contribution in [0.1, 0.15) is 6.92 Å². The normalized spacial score (nSPS) is 16.5. The molecule has 0 aromatic rings. The van der Waals surface area contributed by atoms with Gasteiger partial charge in [0.25, 0.3) is 0 Å². The van der Waals surface area contributed by atoms with Gasteiger partial charge < -0.3 is 20.5 Å². The second-order valence-corrected chi connectivity index (χ2v) is 3.43. The van der Waals surface area contributed by atoms with Crippen molar-refractivity contribution in [3.8, 4) is 0 Å². The van der Waals surface area contributed by atoms with Gasteiger partial charge in [-0.15, -0.1) is 0 Å². The SMILES string of the molecule is COCCN(C)CC(C)(O)CN. The van der Waals surface area contributed by atoms with Crippen molar-refractivity contribution in [2.75, 3.05) is 40.4 Å². The summed E-state index contributed by atoms with van der Waals surface area (Å²) in [7, 11) is 3.60. The van der Waals surface area contributed by atoms with Gasteiger partial charge in [-0.1, -0.05) is 0 Å². The van der Waals surface area contributed by atoms with Crippen LogP contribution >= 0.6 is 0 Å². The highest BCUT2D eigenvalue weighted by molar-refractivity contribution is 4.76. The Balaban J connectivity index is 3.60. The van der Waals surface area contributed by atoms with Gasteiger partial charge in [0.1, 0.15) is 0 Å². The monoisotopic (exact) mass is 176 g/mol. The molecule has 0 aliphatic carbocycles. The van der Waals surface area contributed by atoms with E-state index in [9.17, 15) is 5.11 Å². The van der Waals surface area contributed by atoms with Gasteiger partial charge in [-0.3, -0.25) is 0 Å². The van der Waals surface area contributed by atoms with E-state index in [1.807, 2.05) is 11.9 Å². The second kappa shape index (κ2) is 5.48. The first-order valence-electron chi connectivity index (χ1n) is 4.12. The lowest BCUT2D eigenvalue weighted by atomic mass is 10.1. The first-order valence-corrected chi connectivity index (χ1v) is 4.12. The molecule has 0 fully saturated rings. The zero-order chi connectivity index (χ0) is 9.61. The summed E-state index contributed by atoms with van der Waals surface area (Å²) in [6.07, 6.45) is 0. The van der Waals surface area contributed by atoms with E-state index in [0.29, 0.717) is 13.2 Å². The summed E-state index contributed by atoms with van der Waals surface area (Å²) < 4.78 is 4.91. The van der Waals surface area contributed by atoms with Gasteiger partial charge in [0.2, 0.25) is 0 Å². The molecular weight excluding hydrogens is 156 g/mol. The number of methoxy groups -OCH3 is 1. The minimum absolute atomic E-state index is 0.282. The largest absolute Gasteiger partial charge is 0.388 e. The van der Waals surface area contributed by atoms with Crippen LogP contribution in [0.25, 0.3) is 0 Å². The number of rotatable bonds is 6. The first kappa shape index (κ1) is 11.8. The van der Waals surface area contributed by atoms with Gasteiger partial charge in [-0.2, -0.15) is 0 Å². The van der Waals surface area contributed by atoms with Crippen LogP contribution in [-0.2, 0) is 4.74 Å². The third-order valence-electron chi connectivity index (χ3n) is 1.73. The zero-order valence-corrected chi connectivity index (χ0v) is 8.21. The maximum atomic E-state index is 9.59. The minimum Gasteiger partial charge on any atom is -0.388 e. The predicted molar refractivity (Wildman–Crippen MR) is 49.1 cm³/mol. The highest BCUT2D eigenvalue weighted by Gasteiger charge is 2.19. The molecule has 0 aromatic carbocycles. The van der Waals surface area contributed by atoms with E-state index in [1.54, 1.807) is 14.0 Å². The Kier molecular flexibility index (Phi) is 5.41. The van der Waals surface area contributed by atoms with Gasteiger partial charge in [-0.05, 0) is 14.0 Å². The smallest absolute Gasteiger partial charge is 0.0867 e. The van der Waals surface area contributed by atoms with Gasteiger partial charge in [0.05, 0.1) is 12.2 Å². The number of ether oxygens (including phenoxy) is 1. The van der Waals surface area contributed by atoms with Crippen molar-refractivity contribution >= 4 is 0 Å². The lowest BCUT2D eigenvalue weighted by Gasteiger charge is -2.27. The molecule has 74 valence electrons. The summed E-state index contributed by atoms with van der Waals surface area (Å²) in [5.74, 6) is 0. The molecule has 0 aromatic heterocycles. The molecule has 0 aliphatic heterocycles. The molecule has 0 radical (unpaired) electrons. The van der Waals surface area contributed by atoms with Crippen LogP contribution in [0.5, 0.6) is 0 Å². The molecule has 12 heavy (non-hydrogen) atoms. The summed E-state index contributed by atoms with van der Waals surface area (Å²) in [5.41, 5.74) is 4.59. The highest BCUT2D eigenvalue weighted by atomic mass is 16.5. The zero-order valence-electron chi connectivity index (χ0n) is 8.21. The summed E-state index contributed by atoms with van der Waals surface area (Å²) in [5, 5.41) is 9.59. The molecule has 1 atom stereocenters. The Morgan fingerprint density at radius 1 is 1.58 bits per heavy atom. The molecule has 0 aliphatic rings. The molecule has 0 saturated heterocycles. The molecule has 0 saturated carbocycles. The number of likely N-dealkylation sites (N-methyl/N-ethyl adjacent to an activating group) is 1. The van der Waals surface area contributed by atoms with Crippen LogP contribution in [0.2, 0.25) is 0 Å². The Hall–Kier alpha value is -0.160. The van der Waals surface area contributed by atoms with Crippen LogP contribution in [-0.4, -0.2) is 56.0 Å². The lowest BCUT2D eigenvalue weighted by molar-refractivity contribution is 0.0285. The van der Waals surface area contributed by atoms with E-state index in [-0.39, 0.29) is 6.54 Å². The Labute approximate surface area is 74.3 Å². The average molecular weight is 176 g/mol. The number of aliphatic hydroxyl groups is 1. The van der Waals surface area contributed by atoms with Crippen LogP contribution in [0, 0.1) is 0 Å². The van der Waals surface area contributed by atoms with E-state index in [0.717, 1.165) is 6.54 Å². The summed E-state index contributed by atoms with van der Waals surface area (Å²) in [6, 6.07) is 0. The summed E-state index contributed by atoms with van der Waals surface area (Å²) >= 11 is 0. The lowest BCUT2D eigenvalue weighted by Crippen LogP contribution is -2.45. The standard InChI is InChI=1S/C8H20N2O2/c1-8(11,6-9)7-10(2)4-5-12-3/h11H,4-7,9H2,1-3H3. The molecule has 0 heterocycles. The Bertz CT molecular complexity index is 118. The van der Waals surface area contributed by atoms with E-state index >= 15 is 0 Å². The Morgan fingerprint density at radius 3 is 2.58 bits per heavy atom. The average Bonchev–Trinajstić information content (AvgIpc) is 2.00. The van der Waals surface area contributed by atoms with Crippen molar-refractivity contribution in [1.82, 2.24) is 4.90 Å². The topological polar surface area (TPSA) is 58.7 Å². The predicted octanol–water partition coefficient (Wildman–Crippen LogP) is -0.726. The molecule has 1 unspecified atom stereocenters. The molecule has 3 N–H and O–H groups in total. The quantitative estimate of drug-likeness (QED) is 0.560. The number of nitrogens with zero attached hydrogens (tertiary/aromatic N) is 1. The molecule has 0 bridgehead atoms. The molecule has 4 heteroatoms. The van der Waals surface area contributed by atoms with Crippen molar-refractivity contribution in [2.45, 2.75) is 12.5 Å². The molecular formula is C8H20N2O2. The fraction of sp³-hybridized carbons (Fsp3) is 1.00. The second-order valence-electron chi connectivity index (χ2n) is 3.43. The first-order chi connectivity index (χ1) is 5.52. The van der Waals surface area contributed by atoms with Crippen molar-refractivity contribution in [3.05, 3.63) is 0 Å². The summed E-state index contributed by atoms with van der Waals surface area (Å²) in [6.45, 7) is 4.08. The van der Waals surface area contributed by atoms with Crippen LogP contribution in [0.3, 0.4) is 0 Å². The van der Waals surface area contributed by atoms with Crippen LogP contribution < -0.4 is 5.73 Å². The third kappa shape index (κ3) is 5.49. The molecule has 4 nitrogen and oxygen atoms in total. The molecule has 0 rings (SSSR count). The van der Waals surface area contributed by atoms with Crippen molar-refractivity contribution in [3.63, 3.8) is 0 Å². The number of hydrogen-bond donors (Lipinski definition) is 2.